The molecule has 2 rings (SSSR count). The summed E-state index contributed by atoms with van der Waals surface area (Å²) in [5, 5.41) is 3.50. The lowest BCUT2D eigenvalue weighted by atomic mass is 10.1. The predicted molar refractivity (Wildman–Crippen MR) is 98.5 cm³/mol. The molecule has 1 aliphatic rings. The molecule has 0 spiro atoms. The zero-order valence-corrected chi connectivity index (χ0v) is 15.3. The molecule has 1 aliphatic heterocycles. The minimum Gasteiger partial charge on any atom is -0.469 e. The Morgan fingerprint density at radius 3 is 2.81 bits per heavy atom. The van der Waals surface area contributed by atoms with Crippen LogP contribution >= 0.6 is 24.0 Å². The van der Waals surface area contributed by atoms with Crippen molar-refractivity contribution in [3.63, 3.8) is 0 Å². The highest BCUT2D eigenvalue weighted by atomic mass is 127. The van der Waals surface area contributed by atoms with Gasteiger partial charge in [0.05, 0.1) is 6.26 Å². The Hall–Kier alpha value is -0.720. The maximum atomic E-state index is 5.37. The Kier molecular flexibility index (Phi) is 9.54. The fourth-order valence-electron chi connectivity index (χ4n) is 2.47. The van der Waals surface area contributed by atoms with E-state index in [0.717, 1.165) is 50.7 Å². The summed E-state index contributed by atoms with van der Waals surface area (Å²) in [5.74, 6) is 2.12. The molecule has 1 aromatic heterocycles. The number of likely N-dealkylation sites (tertiary alicyclic amines) is 1. The highest BCUT2D eigenvalue weighted by Gasteiger charge is 2.14. The fraction of sp³-hybridized carbons (Fsp3) is 0.688. The normalized spacial score (nSPS) is 15.7. The van der Waals surface area contributed by atoms with Crippen LogP contribution in [0.5, 0.6) is 0 Å². The van der Waals surface area contributed by atoms with E-state index in [1.165, 1.54) is 25.7 Å². The first-order chi connectivity index (χ1) is 9.90. The number of unbranched alkanes of at least 4 members (excludes halogenated alkanes) is 1. The number of halogens is 1. The van der Waals surface area contributed by atoms with Crippen molar-refractivity contribution < 1.29 is 4.42 Å². The number of aliphatic imine (C=N–C) groups is 1. The molecule has 1 N–H and O–H groups in total. The average molecular weight is 405 g/mol. The van der Waals surface area contributed by atoms with Gasteiger partial charge < -0.3 is 14.6 Å². The molecule has 0 aromatic carbocycles. The number of furan rings is 1. The second-order valence-corrected chi connectivity index (χ2v) is 5.36. The lowest BCUT2D eigenvalue weighted by molar-refractivity contribution is 0.330. The predicted octanol–water partition coefficient (Wildman–Crippen LogP) is 3.67. The van der Waals surface area contributed by atoms with E-state index < -0.39 is 0 Å². The van der Waals surface area contributed by atoms with Gasteiger partial charge in [0.1, 0.15) is 5.76 Å². The molecule has 1 aromatic rings. The number of hydrogen-bond donors (Lipinski definition) is 1. The van der Waals surface area contributed by atoms with Gasteiger partial charge in [-0.1, -0.05) is 13.3 Å². The average Bonchev–Trinajstić information content (AvgIpc) is 3.00. The third-order valence-corrected chi connectivity index (χ3v) is 3.66. The number of guanidine groups is 1. The summed E-state index contributed by atoms with van der Waals surface area (Å²) >= 11 is 0. The summed E-state index contributed by atoms with van der Waals surface area (Å²) < 4.78 is 5.37. The maximum Gasteiger partial charge on any atom is 0.193 e. The standard InChI is InChI=1S/C16H27N3O.HI/c1-2-3-10-17-16(19-12-5-4-6-13-19)18-11-9-15-8-7-14-20-15;/h7-8,14H,2-6,9-13H2,1H3,(H,17,18);1H. The maximum absolute atomic E-state index is 5.37. The molecule has 2 heterocycles. The largest absolute Gasteiger partial charge is 0.469 e. The van der Waals surface area contributed by atoms with E-state index >= 15 is 0 Å². The Morgan fingerprint density at radius 1 is 1.33 bits per heavy atom. The smallest absolute Gasteiger partial charge is 0.193 e. The Morgan fingerprint density at radius 2 is 2.14 bits per heavy atom. The highest BCUT2D eigenvalue weighted by Crippen LogP contribution is 2.09. The highest BCUT2D eigenvalue weighted by molar-refractivity contribution is 14.0. The second-order valence-electron chi connectivity index (χ2n) is 5.36. The van der Waals surface area contributed by atoms with Gasteiger partial charge in [-0.3, -0.25) is 4.99 Å². The minimum absolute atomic E-state index is 0. The lowest BCUT2D eigenvalue weighted by Crippen LogP contribution is -2.44. The number of nitrogens with one attached hydrogen (secondary N) is 1. The molecule has 21 heavy (non-hydrogen) atoms. The van der Waals surface area contributed by atoms with Gasteiger partial charge in [0, 0.05) is 32.6 Å². The van der Waals surface area contributed by atoms with Crippen molar-refractivity contribution in [1.82, 2.24) is 10.2 Å². The summed E-state index contributed by atoms with van der Waals surface area (Å²) in [7, 11) is 0. The van der Waals surface area contributed by atoms with Gasteiger partial charge in [0.2, 0.25) is 0 Å². The van der Waals surface area contributed by atoms with Crippen molar-refractivity contribution in [2.75, 3.05) is 26.2 Å². The minimum atomic E-state index is 0. The van der Waals surface area contributed by atoms with Gasteiger partial charge in [0.15, 0.2) is 5.96 Å². The number of nitrogens with zero attached hydrogens (tertiary/aromatic N) is 2. The van der Waals surface area contributed by atoms with Crippen LogP contribution in [0, 0.1) is 0 Å². The van der Waals surface area contributed by atoms with Gasteiger partial charge in [-0.05, 0) is 37.8 Å². The zero-order chi connectivity index (χ0) is 14.0. The van der Waals surface area contributed by atoms with Crippen LogP contribution in [0.15, 0.2) is 27.8 Å². The van der Waals surface area contributed by atoms with Gasteiger partial charge in [0.25, 0.3) is 0 Å². The summed E-state index contributed by atoms with van der Waals surface area (Å²) in [6.45, 7) is 6.29. The van der Waals surface area contributed by atoms with Crippen LogP contribution in [0.4, 0.5) is 0 Å². The van der Waals surface area contributed by atoms with E-state index in [-0.39, 0.29) is 24.0 Å². The number of hydrogen-bond acceptors (Lipinski definition) is 2. The van der Waals surface area contributed by atoms with Crippen LogP contribution in [0.3, 0.4) is 0 Å². The zero-order valence-electron chi connectivity index (χ0n) is 13.0. The van der Waals surface area contributed by atoms with Gasteiger partial charge in [-0.15, -0.1) is 24.0 Å². The van der Waals surface area contributed by atoms with Crippen LogP contribution in [0.1, 0.15) is 44.8 Å². The third-order valence-electron chi connectivity index (χ3n) is 3.66. The molecule has 0 saturated carbocycles. The monoisotopic (exact) mass is 405 g/mol. The van der Waals surface area contributed by atoms with E-state index in [1.807, 2.05) is 12.1 Å². The third kappa shape index (κ3) is 6.72. The first kappa shape index (κ1) is 18.3. The molecule has 4 nitrogen and oxygen atoms in total. The number of piperidine rings is 1. The van der Waals surface area contributed by atoms with Gasteiger partial charge >= 0.3 is 0 Å². The van der Waals surface area contributed by atoms with E-state index in [1.54, 1.807) is 6.26 Å². The summed E-state index contributed by atoms with van der Waals surface area (Å²) in [6.07, 6.45) is 8.93. The molecule has 0 radical (unpaired) electrons. The second kappa shape index (κ2) is 10.9. The van der Waals surface area contributed by atoms with Crippen LogP contribution in [-0.2, 0) is 6.42 Å². The molecule has 120 valence electrons. The molecule has 0 atom stereocenters. The Balaban J connectivity index is 0.00000220. The molecule has 0 bridgehead atoms. The van der Waals surface area contributed by atoms with Gasteiger partial charge in [-0.25, -0.2) is 0 Å². The summed E-state index contributed by atoms with van der Waals surface area (Å²) in [5.41, 5.74) is 0. The molecule has 0 aliphatic carbocycles. The molecular weight excluding hydrogens is 377 g/mol. The SMILES string of the molecule is CCCCN=C(NCCc1ccco1)N1CCCCC1.I. The topological polar surface area (TPSA) is 40.8 Å². The van der Waals surface area contributed by atoms with Crippen LogP contribution in [0.25, 0.3) is 0 Å². The fourth-order valence-corrected chi connectivity index (χ4v) is 2.47. The van der Waals surface area contributed by atoms with Crippen LogP contribution in [-0.4, -0.2) is 37.0 Å². The van der Waals surface area contributed by atoms with Crippen LogP contribution in [0.2, 0.25) is 0 Å². The summed E-state index contributed by atoms with van der Waals surface area (Å²) in [4.78, 5) is 7.16. The van der Waals surface area contributed by atoms with Crippen molar-refractivity contribution in [1.29, 1.82) is 0 Å². The quantitative estimate of drug-likeness (QED) is 0.340. The van der Waals surface area contributed by atoms with Crippen molar-refractivity contribution >= 4 is 29.9 Å². The van der Waals surface area contributed by atoms with E-state index in [2.05, 4.69) is 17.1 Å². The van der Waals surface area contributed by atoms with E-state index in [0.29, 0.717) is 0 Å². The van der Waals surface area contributed by atoms with Gasteiger partial charge in [-0.2, -0.15) is 0 Å². The Labute approximate surface area is 145 Å². The van der Waals surface area contributed by atoms with Crippen LogP contribution < -0.4 is 5.32 Å². The molecule has 1 fully saturated rings. The molecule has 1 saturated heterocycles. The molecule has 0 amide bonds. The molecular formula is C16H28IN3O. The van der Waals surface area contributed by atoms with Crippen molar-refractivity contribution in [2.24, 2.45) is 4.99 Å². The molecule has 5 heteroatoms. The lowest BCUT2D eigenvalue weighted by Gasteiger charge is -2.30. The van der Waals surface area contributed by atoms with Crippen molar-refractivity contribution in [2.45, 2.75) is 45.4 Å². The van der Waals surface area contributed by atoms with Crippen molar-refractivity contribution in [3.05, 3.63) is 24.2 Å². The van der Waals surface area contributed by atoms with E-state index in [9.17, 15) is 0 Å². The van der Waals surface area contributed by atoms with Crippen molar-refractivity contribution in [3.8, 4) is 0 Å². The summed E-state index contributed by atoms with van der Waals surface area (Å²) in [6, 6.07) is 3.96. The first-order valence-corrected chi connectivity index (χ1v) is 7.96. The molecule has 0 unspecified atom stereocenters. The van der Waals surface area contributed by atoms with E-state index in [4.69, 9.17) is 9.41 Å². The first-order valence-electron chi connectivity index (χ1n) is 7.96. The number of rotatable bonds is 6. The Bertz CT molecular complexity index is 386.